The number of rotatable bonds is 15. The minimum atomic E-state index is -2.27. The van der Waals surface area contributed by atoms with Crippen molar-refractivity contribution in [3.8, 4) is 0 Å². The van der Waals surface area contributed by atoms with E-state index in [9.17, 15) is 0 Å². The van der Waals surface area contributed by atoms with Crippen LogP contribution in [0.25, 0.3) is 0 Å². The molecule has 0 radical (unpaired) electrons. The third-order valence-corrected chi connectivity index (χ3v) is 21.0. The van der Waals surface area contributed by atoms with Gasteiger partial charge in [-0.15, -0.1) is 0 Å². The van der Waals surface area contributed by atoms with Gasteiger partial charge >= 0.3 is 156 Å². The molecule has 0 rings (SSSR count). The molecule has 2 heteroatoms. The maximum absolute atomic E-state index is 6.06. The van der Waals surface area contributed by atoms with Gasteiger partial charge in [-0.05, 0) is 0 Å². The third-order valence-electron chi connectivity index (χ3n) is 5.05. The van der Waals surface area contributed by atoms with Crippen molar-refractivity contribution in [3.05, 3.63) is 21.3 Å². The standard InChI is InChI=1S/C9H14Cl.3C4H9.Sn/c1-2-3-4-5-6-7-8-9-10;3*1-3-4-2;/h6,8-9H,2-5H2,1H3;3*1,3-4H2,2H3;/b7-6?,9-8-;;;;. The molecule has 0 aliphatic carbocycles. The average Bonchev–Trinajstić information content (AvgIpc) is 2.57. The summed E-state index contributed by atoms with van der Waals surface area (Å²) in [6.45, 7) is 9.32. The van der Waals surface area contributed by atoms with Crippen molar-refractivity contribution < 1.29 is 0 Å². The molecule has 0 fully saturated rings. The van der Waals surface area contributed by atoms with Crippen LogP contribution in [0.1, 0.15) is 91.9 Å². The fourth-order valence-corrected chi connectivity index (χ4v) is 20.3. The van der Waals surface area contributed by atoms with E-state index in [-0.39, 0.29) is 0 Å². The number of unbranched alkanes of at least 4 members (excludes halogenated alkanes) is 6. The summed E-state index contributed by atoms with van der Waals surface area (Å²) in [5.74, 6) is 0. The molecule has 0 aromatic heterocycles. The molecule has 0 unspecified atom stereocenters. The topological polar surface area (TPSA) is 0 Å². The molecule has 0 nitrogen and oxygen atoms in total. The summed E-state index contributed by atoms with van der Waals surface area (Å²) in [5, 5.41) is 0. The predicted octanol–water partition coefficient (Wildman–Crippen LogP) is 8.63. The van der Waals surface area contributed by atoms with Crippen LogP contribution in [0.4, 0.5) is 0 Å². The van der Waals surface area contributed by atoms with Crippen LogP contribution in [0.15, 0.2) is 21.3 Å². The number of allylic oxidation sites excluding steroid dienone is 3. The first-order valence-corrected chi connectivity index (χ1v) is 18.1. The van der Waals surface area contributed by atoms with Crippen molar-refractivity contribution in [1.82, 2.24) is 0 Å². The number of hydrogen-bond donors (Lipinski definition) is 0. The zero-order valence-corrected chi connectivity index (χ0v) is 19.9. The Morgan fingerprint density at radius 3 is 1.61 bits per heavy atom. The molecular formula is C21H41ClSn. The molecule has 0 saturated carbocycles. The van der Waals surface area contributed by atoms with Gasteiger partial charge in [-0.25, -0.2) is 0 Å². The summed E-state index contributed by atoms with van der Waals surface area (Å²) in [6, 6.07) is 0. The van der Waals surface area contributed by atoms with Crippen molar-refractivity contribution in [2.75, 3.05) is 0 Å². The third kappa shape index (κ3) is 10.2. The van der Waals surface area contributed by atoms with Crippen molar-refractivity contribution in [2.45, 2.75) is 105 Å². The Hall–Kier alpha value is 0.569. The summed E-state index contributed by atoms with van der Waals surface area (Å²) in [5.41, 5.74) is 1.79. The molecule has 0 bridgehead atoms. The number of halogens is 1. The van der Waals surface area contributed by atoms with E-state index >= 15 is 0 Å². The van der Waals surface area contributed by atoms with Crippen LogP contribution in [-0.2, 0) is 0 Å². The Labute approximate surface area is 156 Å². The molecule has 0 N–H and O–H groups in total. The normalized spacial score (nSPS) is 13.2. The molecule has 136 valence electrons. The Morgan fingerprint density at radius 2 is 1.22 bits per heavy atom. The van der Waals surface area contributed by atoms with E-state index in [4.69, 9.17) is 11.6 Å². The fraction of sp³-hybridized carbons (Fsp3) is 0.810. The van der Waals surface area contributed by atoms with E-state index < -0.39 is 18.4 Å². The molecule has 0 amide bonds. The summed E-state index contributed by atoms with van der Waals surface area (Å²) < 4.78 is 6.34. The van der Waals surface area contributed by atoms with Crippen LogP contribution in [0.2, 0.25) is 13.3 Å². The van der Waals surface area contributed by atoms with Gasteiger partial charge in [0.2, 0.25) is 0 Å². The van der Waals surface area contributed by atoms with Crippen molar-refractivity contribution in [1.29, 1.82) is 0 Å². The van der Waals surface area contributed by atoms with Crippen LogP contribution in [0.3, 0.4) is 0 Å². The second kappa shape index (κ2) is 16.1. The van der Waals surface area contributed by atoms with Gasteiger partial charge in [0.25, 0.3) is 0 Å². The van der Waals surface area contributed by atoms with Gasteiger partial charge in [0.1, 0.15) is 0 Å². The van der Waals surface area contributed by atoms with Gasteiger partial charge in [-0.3, -0.25) is 0 Å². The van der Waals surface area contributed by atoms with Crippen LogP contribution >= 0.6 is 11.6 Å². The first-order chi connectivity index (χ1) is 11.2. The quantitative estimate of drug-likeness (QED) is 0.134. The van der Waals surface area contributed by atoms with Crippen LogP contribution in [0.5, 0.6) is 0 Å². The zero-order valence-electron chi connectivity index (χ0n) is 16.3. The van der Waals surface area contributed by atoms with Gasteiger partial charge in [-0.2, -0.15) is 0 Å². The first kappa shape index (κ1) is 23.6. The summed E-state index contributed by atoms with van der Waals surface area (Å²) >= 11 is 3.79. The van der Waals surface area contributed by atoms with Gasteiger partial charge < -0.3 is 0 Å². The van der Waals surface area contributed by atoms with Gasteiger partial charge in [0, 0.05) is 0 Å². The fourth-order valence-electron chi connectivity index (χ4n) is 3.53. The van der Waals surface area contributed by atoms with E-state index in [0.717, 1.165) is 0 Å². The molecule has 0 aromatic carbocycles. The van der Waals surface area contributed by atoms with Crippen LogP contribution < -0.4 is 0 Å². The maximum atomic E-state index is 6.06. The van der Waals surface area contributed by atoms with Crippen molar-refractivity contribution in [2.24, 2.45) is 0 Å². The average molecular weight is 448 g/mol. The van der Waals surface area contributed by atoms with Crippen LogP contribution in [-0.4, -0.2) is 18.4 Å². The first-order valence-electron chi connectivity index (χ1n) is 10.2. The number of hydrogen-bond acceptors (Lipinski definition) is 0. The second-order valence-electron chi connectivity index (χ2n) is 7.04. The van der Waals surface area contributed by atoms with Crippen molar-refractivity contribution >= 4 is 30.0 Å². The molecule has 23 heavy (non-hydrogen) atoms. The van der Waals surface area contributed by atoms with E-state index in [2.05, 4.69) is 39.8 Å². The predicted molar refractivity (Wildman–Crippen MR) is 112 cm³/mol. The SMILES string of the molecule is CCCCC/C=[C](\C=C/Cl)[Sn]([CH2]CCC)([CH2]CCC)[CH2]CCC. The summed E-state index contributed by atoms with van der Waals surface area (Å²) in [4.78, 5) is 0. The van der Waals surface area contributed by atoms with Crippen LogP contribution in [0, 0.1) is 0 Å². The molecule has 0 spiro atoms. The molecule has 0 heterocycles. The van der Waals surface area contributed by atoms with E-state index in [0.29, 0.717) is 0 Å². The van der Waals surface area contributed by atoms with Crippen molar-refractivity contribution in [3.63, 3.8) is 0 Å². The van der Waals surface area contributed by atoms with Gasteiger partial charge in [0.05, 0.1) is 0 Å². The van der Waals surface area contributed by atoms with Gasteiger partial charge in [-0.1, -0.05) is 0 Å². The summed E-state index contributed by atoms with van der Waals surface area (Å²) in [7, 11) is 0. The molecule has 0 aliphatic rings. The summed E-state index contributed by atoms with van der Waals surface area (Å²) in [6.07, 6.45) is 18.4. The van der Waals surface area contributed by atoms with E-state index in [1.807, 2.05) is 0 Å². The molecule has 0 saturated heterocycles. The van der Waals surface area contributed by atoms with Gasteiger partial charge in [0.15, 0.2) is 0 Å². The molecule has 0 atom stereocenters. The second-order valence-corrected chi connectivity index (χ2v) is 20.5. The zero-order chi connectivity index (χ0) is 17.4. The van der Waals surface area contributed by atoms with E-state index in [1.165, 1.54) is 77.5 Å². The monoisotopic (exact) mass is 448 g/mol. The minimum absolute atomic E-state index is 1.26. The molecular weight excluding hydrogens is 406 g/mol. The Bertz CT molecular complexity index is 298. The molecule has 0 aliphatic heterocycles. The van der Waals surface area contributed by atoms with E-state index in [1.54, 1.807) is 9.12 Å². The Kier molecular flexibility index (Phi) is 16.5. The Morgan fingerprint density at radius 1 is 0.739 bits per heavy atom. The molecule has 0 aromatic rings. The Balaban J connectivity index is 5.35.